The van der Waals surface area contributed by atoms with Crippen LogP contribution in [-0.4, -0.2) is 12.3 Å². The van der Waals surface area contributed by atoms with Crippen molar-refractivity contribution in [3.05, 3.63) is 28.5 Å². The van der Waals surface area contributed by atoms with E-state index in [-0.39, 0.29) is 17.3 Å². The molecule has 1 rings (SSSR count). The third kappa shape index (κ3) is 2.09. The van der Waals surface area contributed by atoms with Crippen LogP contribution in [0.2, 0.25) is 5.02 Å². The van der Waals surface area contributed by atoms with E-state index in [1.165, 1.54) is 13.2 Å². The zero-order chi connectivity index (χ0) is 9.84. The molecule has 13 heavy (non-hydrogen) atoms. The Morgan fingerprint density at radius 2 is 2.31 bits per heavy atom. The van der Waals surface area contributed by atoms with Gasteiger partial charge in [-0.15, -0.1) is 0 Å². The zero-order valence-corrected chi connectivity index (χ0v) is 7.73. The van der Waals surface area contributed by atoms with Gasteiger partial charge in [0.2, 0.25) is 0 Å². The first-order valence-corrected chi connectivity index (χ1v) is 3.96. The Kier molecular flexibility index (Phi) is 3.48. The van der Waals surface area contributed by atoms with Crippen LogP contribution in [-0.2, 0) is 6.54 Å². The van der Waals surface area contributed by atoms with Crippen molar-refractivity contribution in [3.63, 3.8) is 0 Å². The first-order valence-electron chi connectivity index (χ1n) is 3.58. The summed E-state index contributed by atoms with van der Waals surface area (Å²) in [5.74, 6) is -0.564. The molecule has 1 aromatic carbocycles. The summed E-state index contributed by atoms with van der Waals surface area (Å²) in [5.41, 5.74) is 2.42. The predicted molar refractivity (Wildman–Crippen MR) is 46.6 cm³/mol. The average molecular weight is 206 g/mol. The molecule has 0 spiro atoms. The Morgan fingerprint density at radius 3 is 2.85 bits per heavy atom. The maximum Gasteiger partial charge on any atom is 0.183 e. The molecule has 0 unspecified atom stereocenters. The molecule has 2 N–H and O–H groups in total. The molecular formula is C8H9ClFNO2. The summed E-state index contributed by atoms with van der Waals surface area (Å²) in [5, 5.41) is 8.44. The smallest absolute Gasteiger partial charge is 0.183 e. The number of halogens is 2. The van der Waals surface area contributed by atoms with Gasteiger partial charge in [0.15, 0.2) is 11.6 Å². The number of hydrogen-bond donors (Lipinski definition) is 2. The van der Waals surface area contributed by atoms with Crippen LogP contribution in [0.5, 0.6) is 5.75 Å². The third-order valence-corrected chi connectivity index (χ3v) is 1.90. The molecule has 0 aliphatic rings. The summed E-state index contributed by atoms with van der Waals surface area (Å²) in [4.78, 5) is 0. The molecule has 0 radical (unpaired) electrons. The summed E-state index contributed by atoms with van der Waals surface area (Å²) in [6, 6.07) is 2.99. The molecule has 72 valence electrons. The van der Waals surface area contributed by atoms with Crippen LogP contribution in [0.3, 0.4) is 0 Å². The molecule has 0 aliphatic heterocycles. The van der Waals surface area contributed by atoms with Crippen LogP contribution in [0.1, 0.15) is 5.56 Å². The summed E-state index contributed by atoms with van der Waals surface area (Å²) in [7, 11) is 1.34. The van der Waals surface area contributed by atoms with Crippen LogP contribution in [0.15, 0.2) is 12.1 Å². The summed E-state index contributed by atoms with van der Waals surface area (Å²) < 4.78 is 18.0. The summed E-state index contributed by atoms with van der Waals surface area (Å²) in [6.07, 6.45) is 0. The van der Waals surface area contributed by atoms with Crippen molar-refractivity contribution in [1.29, 1.82) is 0 Å². The molecule has 0 aromatic heterocycles. The number of hydrogen-bond acceptors (Lipinski definition) is 3. The van der Waals surface area contributed by atoms with Crippen LogP contribution >= 0.6 is 11.6 Å². The lowest BCUT2D eigenvalue weighted by atomic mass is 10.2. The topological polar surface area (TPSA) is 41.5 Å². The van der Waals surface area contributed by atoms with E-state index in [4.69, 9.17) is 21.5 Å². The molecule has 0 fully saturated rings. The van der Waals surface area contributed by atoms with Gasteiger partial charge in [-0.05, 0) is 6.07 Å². The van der Waals surface area contributed by atoms with E-state index in [9.17, 15) is 4.39 Å². The molecule has 0 amide bonds. The monoisotopic (exact) mass is 205 g/mol. The molecule has 0 aliphatic carbocycles. The minimum atomic E-state index is -0.614. The van der Waals surface area contributed by atoms with Crippen LogP contribution in [0.25, 0.3) is 0 Å². The highest BCUT2D eigenvalue weighted by Gasteiger charge is 2.11. The molecule has 5 heteroatoms. The van der Waals surface area contributed by atoms with Gasteiger partial charge in [-0.25, -0.2) is 9.87 Å². The molecule has 0 heterocycles. The molecule has 3 nitrogen and oxygen atoms in total. The number of methoxy groups -OCH3 is 1. The fourth-order valence-corrected chi connectivity index (χ4v) is 1.17. The SMILES string of the molecule is COc1c(CNO)ccc(Cl)c1F. The third-order valence-electron chi connectivity index (χ3n) is 1.61. The average Bonchev–Trinajstić information content (AvgIpc) is 2.12. The fourth-order valence-electron chi connectivity index (χ4n) is 1.02. The second kappa shape index (κ2) is 4.41. The van der Waals surface area contributed by atoms with Crippen LogP contribution in [0, 0.1) is 5.82 Å². The number of benzene rings is 1. The van der Waals surface area contributed by atoms with Crippen molar-refractivity contribution in [2.24, 2.45) is 0 Å². The Morgan fingerprint density at radius 1 is 1.62 bits per heavy atom. The lowest BCUT2D eigenvalue weighted by molar-refractivity contribution is 0.160. The van der Waals surface area contributed by atoms with Gasteiger partial charge >= 0.3 is 0 Å². The normalized spacial score (nSPS) is 10.2. The predicted octanol–water partition coefficient (Wildman–Crippen LogP) is 1.97. The van der Waals surface area contributed by atoms with E-state index in [1.807, 2.05) is 5.48 Å². The van der Waals surface area contributed by atoms with Crippen molar-refractivity contribution >= 4 is 11.6 Å². The quantitative estimate of drug-likeness (QED) is 0.742. The fraction of sp³-hybridized carbons (Fsp3) is 0.250. The van der Waals surface area contributed by atoms with Crippen molar-refractivity contribution < 1.29 is 14.3 Å². The van der Waals surface area contributed by atoms with Gasteiger partial charge in [-0.3, -0.25) is 0 Å². The highest BCUT2D eigenvalue weighted by Crippen LogP contribution is 2.28. The standard InChI is InChI=1S/C8H9ClFNO2/c1-13-8-5(4-11-12)2-3-6(9)7(8)10/h2-3,11-12H,4H2,1H3. The lowest BCUT2D eigenvalue weighted by Gasteiger charge is -2.09. The first kappa shape index (κ1) is 10.2. The van der Waals surface area contributed by atoms with Crippen LogP contribution < -0.4 is 10.2 Å². The van der Waals surface area contributed by atoms with Gasteiger partial charge in [-0.2, -0.15) is 0 Å². The number of hydroxylamine groups is 1. The van der Waals surface area contributed by atoms with E-state index < -0.39 is 5.82 Å². The van der Waals surface area contributed by atoms with Gasteiger partial charge in [-0.1, -0.05) is 17.7 Å². The Labute approximate surface area is 80.0 Å². The number of rotatable bonds is 3. The maximum absolute atomic E-state index is 13.2. The van der Waals surface area contributed by atoms with Gasteiger partial charge < -0.3 is 9.94 Å². The van der Waals surface area contributed by atoms with Gasteiger partial charge in [0.1, 0.15) is 0 Å². The molecule has 0 bridgehead atoms. The van der Waals surface area contributed by atoms with Crippen LogP contribution in [0.4, 0.5) is 4.39 Å². The molecule has 0 atom stereocenters. The number of ether oxygens (including phenoxy) is 1. The summed E-state index contributed by atoms with van der Waals surface area (Å²) in [6.45, 7) is 0.108. The minimum Gasteiger partial charge on any atom is -0.493 e. The van der Waals surface area contributed by atoms with Gasteiger partial charge in [0, 0.05) is 12.1 Å². The Balaban J connectivity index is 3.13. The lowest BCUT2D eigenvalue weighted by Crippen LogP contribution is -2.08. The zero-order valence-electron chi connectivity index (χ0n) is 6.97. The molecule has 1 aromatic rings. The highest BCUT2D eigenvalue weighted by atomic mass is 35.5. The Bertz CT molecular complexity index is 306. The van der Waals surface area contributed by atoms with E-state index in [0.29, 0.717) is 5.56 Å². The van der Waals surface area contributed by atoms with Crippen molar-refractivity contribution in [2.45, 2.75) is 6.54 Å². The van der Waals surface area contributed by atoms with Crippen molar-refractivity contribution in [1.82, 2.24) is 5.48 Å². The highest BCUT2D eigenvalue weighted by molar-refractivity contribution is 6.30. The van der Waals surface area contributed by atoms with E-state index in [0.717, 1.165) is 0 Å². The Hall–Kier alpha value is -0.840. The molecule has 0 saturated carbocycles. The van der Waals surface area contributed by atoms with Gasteiger partial charge in [0.25, 0.3) is 0 Å². The maximum atomic E-state index is 13.2. The largest absolute Gasteiger partial charge is 0.493 e. The second-order valence-corrected chi connectivity index (χ2v) is 2.80. The van der Waals surface area contributed by atoms with E-state index in [1.54, 1.807) is 6.07 Å². The molecular weight excluding hydrogens is 197 g/mol. The minimum absolute atomic E-state index is 0.00135. The van der Waals surface area contributed by atoms with Crippen molar-refractivity contribution in [2.75, 3.05) is 7.11 Å². The first-order chi connectivity index (χ1) is 6.20. The van der Waals surface area contributed by atoms with Crippen molar-refractivity contribution in [3.8, 4) is 5.75 Å². The summed E-state index contributed by atoms with van der Waals surface area (Å²) >= 11 is 5.53. The van der Waals surface area contributed by atoms with E-state index in [2.05, 4.69) is 0 Å². The molecule has 0 saturated heterocycles. The van der Waals surface area contributed by atoms with E-state index >= 15 is 0 Å². The van der Waals surface area contributed by atoms with Gasteiger partial charge in [0.05, 0.1) is 12.1 Å². The second-order valence-electron chi connectivity index (χ2n) is 2.39. The number of nitrogens with one attached hydrogen (secondary N) is 1.